The third-order valence-electron chi connectivity index (χ3n) is 3.82. The van der Waals surface area contributed by atoms with Crippen LogP contribution in [0.2, 0.25) is 0 Å². The van der Waals surface area contributed by atoms with Crippen LogP contribution in [-0.2, 0) is 16.0 Å². The zero-order chi connectivity index (χ0) is 19.8. The quantitative estimate of drug-likeness (QED) is 0.569. The first-order valence-electron chi connectivity index (χ1n) is 8.70. The van der Waals surface area contributed by atoms with Crippen LogP contribution >= 0.6 is 11.8 Å². The number of rotatable bonds is 7. The summed E-state index contributed by atoms with van der Waals surface area (Å²) in [7, 11) is 0. The number of amides is 2. The van der Waals surface area contributed by atoms with E-state index in [4.69, 9.17) is 0 Å². The lowest BCUT2D eigenvalue weighted by Gasteiger charge is -2.08. The van der Waals surface area contributed by atoms with Gasteiger partial charge in [0.15, 0.2) is 0 Å². The van der Waals surface area contributed by atoms with E-state index in [1.807, 2.05) is 54.6 Å². The summed E-state index contributed by atoms with van der Waals surface area (Å²) in [6.45, 7) is 0. The van der Waals surface area contributed by atoms with E-state index in [1.54, 1.807) is 0 Å². The van der Waals surface area contributed by atoms with Gasteiger partial charge in [-0.2, -0.15) is 0 Å². The van der Waals surface area contributed by atoms with E-state index >= 15 is 0 Å². The zero-order valence-corrected chi connectivity index (χ0v) is 15.8. The van der Waals surface area contributed by atoms with E-state index in [-0.39, 0.29) is 23.4 Å². The van der Waals surface area contributed by atoms with Crippen molar-refractivity contribution in [1.29, 1.82) is 0 Å². The monoisotopic (exact) mass is 394 g/mol. The number of carbonyl (C=O) groups is 2. The van der Waals surface area contributed by atoms with Gasteiger partial charge in [0.1, 0.15) is 5.82 Å². The van der Waals surface area contributed by atoms with Crippen molar-refractivity contribution in [1.82, 2.24) is 0 Å². The van der Waals surface area contributed by atoms with Gasteiger partial charge >= 0.3 is 0 Å². The molecule has 0 atom stereocenters. The molecule has 0 heterocycles. The van der Waals surface area contributed by atoms with Gasteiger partial charge in [0, 0.05) is 16.3 Å². The Hall–Kier alpha value is -3.12. The van der Waals surface area contributed by atoms with E-state index in [2.05, 4.69) is 10.6 Å². The Morgan fingerprint density at radius 1 is 0.786 bits per heavy atom. The standard InChI is InChI=1S/C22H19FN2O2S/c23-17-9-11-18(12-10-17)24-22(27)15-28-20-8-4-7-19(14-20)25-21(26)13-16-5-2-1-3-6-16/h1-12,14H,13,15H2,(H,24,27)(H,25,26). The fourth-order valence-electron chi connectivity index (χ4n) is 2.53. The fourth-order valence-corrected chi connectivity index (χ4v) is 3.28. The first-order valence-corrected chi connectivity index (χ1v) is 9.69. The molecule has 2 amide bonds. The summed E-state index contributed by atoms with van der Waals surface area (Å²) in [5, 5.41) is 5.59. The smallest absolute Gasteiger partial charge is 0.234 e. The molecule has 4 nitrogen and oxygen atoms in total. The maximum atomic E-state index is 12.9. The van der Waals surface area contributed by atoms with Crippen LogP contribution in [-0.4, -0.2) is 17.6 Å². The molecular formula is C22H19FN2O2S. The predicted octanol–water partition coefficient (Wildman–Crippen LogP) is 4.74. The molecule has 0 fully saturated rings. The number of halogens is 1. The third kappa shape index (κ3) is 6.25. The van der Waals surface area contributed by atoms with Gasteiger partial charge < -0.3 is 10.6 Å². The Morgan fingerprint density at radius 3 is 2.25 bits per heavy atom. The van der Waals surface area contributed by atoms with E-state index in [0.717, 1.165) is 10.5 Å². The maximum Gasteiger partial charge on any atom is 0.234 e. The molecule has 0 bridgehead atoms. The zero-order valence-electron chi connectivity index (χ0n) is 15.0. The molecule has 3 aromatic rings. The van der Waals surface area contributed by atoms with E-state index < -0.39 is 0 Å². The summed E-state index contributed by atoms with van der Waals surface area (Å²) in [5.74, 6) is -0.422. The lowest BCUT2D eigenvalue weighted by Crippen LogP contribution is -2.15. The highest BCUT2D eigenvalue weighted by atomic mass is 32.2. The van der Waals surface area contributed by atoms with Crippen LogP contribution < -0.4 is 10.6 Å². The SMILES string of the molecule is O=C(CSc1cccc(NC(=O)Cc2ccccc2)c1)Nc1ccc(F)cc1. The Bertz CT molecular complexity index is 946. The molecule has 0 aliphatic carbocycles. The van der Waals surface area contributed by atoms with Crippen LogP contribution in [0.3, 0.4) is 0 Å². The summed E-state index contributed by atoms with van der Waals surface area (Å²) in [4.78, 5) is 25.1. The number of hydrogen-bond donors (Lipinski definition) is 2. The van der Waals surface area contributed by atoms with Gasteiger partial charge in [-0.3, -0.25) is 9.59 Å². The molecule has 2 N–H and O–H groups in total. The average molecular weight is 394 g/mol. The molecule has 0 aliphatic heterocycles. The number of hydrogen-bond acceptors (Lipinski definition) is 3. The van der Waals surface area contributed by atoms with Gasteiger partial charge in [0.2, 0.25) is 11.8 Å². The molecule has 0 saturated carbocycles. The number of benzene rings is 3. The topological polar surface area (TPSA) is 58.2 Å². The Morgan fingerprint density at radius 2 is 1.50 bits per heavy atom. The lowest BCUT2D eigenvalue weighted by molar-refractivity contribution is -0.115. The lowest BCUT2D eigenvalue weighted by atomic mass is 10.1. The number of carbonyl (C=O) groups excluding carboxylic acids is 2. The fraction of sp³-hybridized carbons (Fsp3) is 0.0909. The second kappa shape index (κ2) is 9.71. The molecule has 3 aromatic carbocycles. The van der Waals surface area contributed by atoms with Crippen molar-refractivity contribution < 1.29 is 14.0 Å². The third-order valence-corrected chi connectivity index (χ3v) is 4.82. The van der Waals surface area contributed by atoms with Gasteiger partial charge in [0.25, 0.3) is 0 Å². The molecule has 0 spiro atoms. The highest BCUT2D eigenvalue weighted by Crippen LogP contribution is 2.22. The van der Waals surface area contributed by atoms with E-state index in [0.29, 0.717) is 17.8 Å². The van der Waals surface area contributed by atoms with Crippen molar-refractivity contribution in [2.24, 2.45) is 0 Å². The van der Waals surface area contributed by atoms with Crippen LogP contribution in [0.4, 0.5) is 15.8 Å². The van der Waals surface area contributed by atoms with Crippen molar-refractivity contribution in [2.75, 3.05) is 16.4 Å². The predicted molar refractivity (Wildman–Crippen MR) is 111 cm³/mol. The molecule has 6 heteroatoms. The summed E-state index contributed by atoms with van der Waals surface area (Å²) < 4.78 is 12.9. The molecule has 3 rings (SSSR count). The normalized spacial score (nSPS) is 10.3. The van der Waals surface area contributed by atoms with Crippen molar-refractivity contribution >= 4 is 35.0 Å². The van der Waals surface area contributed by atoms with Gasteiger partial charge in [0.05, 0.1) is 12.2 Å². The molecule has 0 saturated heterocycles. The number of thioether (sulfide) groups is 1. The van der Waals surface area contributed by atoms with Crippen molar-refractivity contribution in [3.05, 3.63) is 90.2 Å². The summed E-state index contributed by atoms with van der Waals surface area (Å²) in [5.41, 5.74) is 2.18. The van der Waals surface area contributed by atoms with Crippen LogP contribution in [0.25, 0.3) is 0 Å². The molecule has 142 valence electrons. The summed E-state index contributed by atoms with van der Waals surface area (Å²) in [6, 6.07) is 22.5. The molecular weight excluding hydrogens is 375 g/mol. The first kappa shape index (κ1) is 19.6. The van der Waals surface area contributed by atoms with Crippen LogP contribution in [0.15, 0.2) is 83.8 Å². The second-order valence-electron chi connectivity index (χ2n) is 6.08. The Labute approximate surface area is 167 Å². The maximum absolute atomic E-state index is 12.9. The van der Waals surface area contributed by atoms with Crippen molar-refractivity contribution in [2.45, 2.75) is 11.3 Å². The average Bonchev–Trinajstić information content (AvgIpc) is 2.69. The second-order valence-corrected chi connectivity index (χ2v) is 7.13. The molecule has 0 aromatic heterocycles. The van der Waals surface area contributed by atoms with Gasteiger partial charge in [-0.05, 0) is 48.0 Å². The van der Waals surface area contributed by atoms with Crippen LogP contribution in [0.1, 0.15) is 5.56 Å². The van der Waals surface area contributed by atoms with Crippen LogP contribution in [0, 0.1) is 5.82 Å². The van der Waals surface area contributed by atoms with E-state index in [9.17, 15) is 14.0 Å². The van der Waals surface area contributed by atoms with Crippen LogP contribution in [0.5, 0.6) is 0 Å². The largest absolute Gasteiger partial charge is 0.326 e. The summed E-state index contributed by atoms with van der Waals surface area (Å²) >= 11 is 1.36. The number of anilines is 2. The first-order chi connectivity index (χ1) is 13.6. The number of nitrogens with one attached hydrogen (secondary N) is 2. The van der Waals surface area contributed by atoms with Gasteiger partial charge in [-0.15, -0.1) is 11.8 Å². The molecule has 0 radical (unpaired) electrons. The minimum Gasteiger partial charge on any atom is -0.326 e. The van der Waals surface area contributed by atoms with Crippen molar-refractivity contribution in [3.63, 3.8) is 0 Å². The van der Waals surface area contributed by atoms with Crippen molar-refractivity contribution in [3.8, 4) is 0 Å². The highest BCUT2D eigenvalue weighted by molar-refractivity contribution is 8.00. The van der Waals surface area contributed by atoms with E-state index in [1.165, 1.54) is 36.0 Å². The molecule has 0 unspecified atom stereocenters. The Kier molecular flexibility index (Phi) is 6.81. The minimum atomic E-state index is -0.349. The minimum absolute atomic E-state index is 0.0950. The van der Waals surface area contributed by atoms with Gasteiger partial charge in [-0.25, -0.2) is 4.39 Å². The summed E-state index contributed by atoms with van der Waals surface area (Å²) in [6.07, 6.45) is 0.304. The molecule has 28 heavy (non-hydrogen) atoms. The van der Waals surface area contributed by atoms with Gasteiger partial charge in [-0.1, -0.05) is 36.4 Å². The molecule has 0 aliphatic rings. The highest BCUT2D eigenvalue weighted by Gasteiger charge is 2.07. The Balaban J connectivity index is 1.50.